The Balaban J connectivity index is 1.93. The predicted octanol–water partition coefficient (Wildman–Crippen LogP) is 3.01. The van der Waals surface area contributed by atoms with E-state index in [1.54, 1.807) is 19.1 Å². The molecule has 2 atom stereocenters. The Bertz CT molecular complexity index is 611. The number of aliphatic hydroxyl groups is 1. The van der Waals surface area contributed by atoms with Crippen LogP contribution in [0.25, 0.3) is 0 Å². The molecule has 2 N–H and O–H groups in total. The van der Waals surface area contributed by atoms with Gasteiger partial charge in [0.1, 0.15) is 5.82 Å². The average Bonchev–Trinajstić information content (AvgIpc) is 2.85. The molecule has 3 heteroatoms. The van der Waals surface area contributed by atoms with Gasteiger partial charge in [0.2, 0.25) is 0 Å². The third kappa shape index (κ3) is 2.15. The number of halogens is 1. The summed E-state index contributed by atoms with van der Waals surface area (Å²) in [5.41, 5.74) is 3.64. The maximum atomic E-state index is 13.3. The first-order valence-corrected chi connectivity index (χ1v) is 6.42. The normalized spacial score (nSPS) is 19.2. The number of aryl methyl sites for hydroxylation is 1. The van der Waals surface area contributed by atoms with E-state index in [4.69, 9.17) is 0 Å². The molecule has 0 amide bonds. The monoisotopic (exact) mass is 257 g/mol. The van der Waals surface area contributed by atoms with Crippen molar-refractivity contribution in [3.8, 4) is 0 Å². The largest absolute Gasteiger partial charge is 0.386 e. The van der Waals surface area contributed by atoms with Gasteiger partial charge in [-0.2, -0.15) is 0 Å². The van der Waals surface area contributed by atoms with E-state index in [1.807, 2.05) is 18.2 Å². The number of hydrogen-bond acceptors (Lipinski definition) is 2. The first-order valence-electron chi connectivity index (χ1n) is 6.42. The lowest BCUT2D eigenvalue weighted by molar-refractivity contribution is 0.133. The molecule has 2 aromatic rings. The number of benzene rings is 2. The first kappa shape index (κ1) is 12.3. The maximum absolute atomic E-state index is 13.3. The molecule has 3 rings (SSSR count). The third-order valence-corrected chi connectivity index (χ3v) is 3.74. The van der Waals surface area contributed by atoms with Crippen molar-refractivity contribution in [3.63, 3.8) is 0 Å². The first-order chi connectivity index (χ1) is 9.16. The van der Waals surface area contributed by atoms with Crippen molar-refractivity contribution in [1.82, 2.24) is 5.32 Å². The van der Waals surface area contributed by atoms with Crippen molar-refractivity contribution in [1.29, 1.82) is 0 Å². The Hall–Kier alpha value is -1.71. The number of rotatable bonds is 2. The highest BCUT2D eigenvalue weighted by molar-refractivity contribution is 5.37. The Morgan fingerprint density at radius 3 is 2.84 bits per heavy atom. The summed E-state index contributed by atoms with van der Waals surface area (Å²) < 4.78 is 13.3. The fourth-order valence-corrected chi connectivity index (χ4v) is 2.65. The van der Waals surface area contributed by atoms with Crippen molar-refractivity contribution >= 4 is 0 Å². The van der Waals surface area contributed by atoms with Crippen molar-refractivity contribution in [2.75, 3.05) is 0 Å². The molecule has 0 fully saturated rings. The van der Waals surface area contributed by atoms with E-state index < -0.39 is 6.10 Å². The summed E-state index contributed by atoms with van der Waals surface area (Å²) in [5.74, 6) is -0.240. The van der Waals surface area contributed by atoms with E-state index in [0.717, 1.165) is 17.7 Å². The van der Waals surface area contributed by atoms with Crippen LogP contribution in [0.4, 0.5) is 4.39 Å². The number of aliphatic hydroxyl groups excluding tert-OH is 1. The minimum atomic E-state index is -0.664. The molecule has 2 unspecified atom stereocenters. The molecule has 19 heavy (non-hydrogen) atoms. The minimum absolute atomic E-state index is 0.124. The van der Waals surface area contributed by atoms with Gasteiger partial charge in [-0.25, -0.2) is 4.39 Å². The molecule has 1 aliphatic heterocycles. The van der Waals surface area contributed by atoms with Crippen LogP contribution in [0.2, 0.25) is 0 Å². The van der Waals surface area contributed by atoms with Crippen molar-refractivity contribution < 1.29 is 9.50 Å². The van der Waals surface area contributed by atoms with E-state index in [1.165, 1.54) is 11.6 Å². The fraction of sp³-hybridized carbons (Fsp3) is 0.250. The highest BCUT2D eigenvalue weighted by Gasteiger charge is 2.28. The van der Waals surface area contributed by atoms with Crippen LogP contribution >= 0.6 is 0 Å². The summed E-state index contributed by atoms with van der Waals surface area (Å²) in [6, 6.07) is 12.7. The Kier molecular flexibility index (Phi) is 3.09. The molecule has 0 saturated heterocycles. The quantitative estimate of drug-likeness (QED) is 0.866. The van der Waals surface area contributed by atoms with Crippen LogP contribution in [0.15, 0.2) is 42.5 Å². The molecule has 0 radical (unpaired) electrons. The van der Waals surface area contributed by atoms with Crippen LogP contribution in [-0.4, -0.2) is 5.11 Å². The second-order valence-corrected chi connectivity index (χ2v) is 5.01. The number of fused-ring (bicyclic) bond motifs is 1. The van der Waals surface area contributed by atoms with Crippen LogP contribution in [0.5, 0.6) is 0 Å². The minimum Gasteiger partial charge on any atom is -0.386 e. The Morgan fingerprint density at radius 2 is 2.05 bits per heavy atom. The van der Waals surface area contributed by atoms with Crippen LogP contribution in [0.3, 0.4) is 0 Å². The van der Waals surface area contributed by atoms with Crippen LogP contribution in [-0.2, 0) is 6.54 Å². The van der Waals surface area contributed by atoms with Crippen molar-refractivity contribution in [2.45, 2.75) is 25.6 Å². The van der Waals surface area contributed by atoms with Gasteiger partial charge in [0.25, 0.3) is 0 Å². The van der Waals surface area contributed by atoms with Gasteiger partial charge in [0.15, 0.2) is 0 Å². The molecule has 1 aliphatic rings. The predicted molar refractivity (Wildman–Crippen MR) is 72.1 cm³/mol. The fourth-order valence-electron chi connectivity index (χ4n) is 2.65. The zero-order valence-corrected chi connectivity index (χ0v) is 10.7. The molecule has 0 saturated carbocycles. The highest BCUT2D eigenvalue weighted by atomic mass is 19.1. The molecule has 2 aromatic carbocycles. The smallest absolute Gasteiger partial charge is 0.126 e. The summed E-state index contributed by atoms with van der Waals surface area (Å²) >= 11 is 0. The summed E-state index contributed by atoms with van der Waals surface area (Å²) in [5, 5.41) is 13.8. The highest BCUT2D eigenvalue weighted by Crippen LogP contribution is 2.35. The molecule has 0 aromatic heterocycles. The summed E-state index contributed by atoms with van der Waals surface area (Å²) in [4.78, 5) is 0. The number of hydrogen-bond donors (Lipinski definition) is 2. The summed E-state index contributed by atoms with van der Waals surface area (Å²) in [6.45, 7) is 2.47. The standard InChI is InChI=1S/C16H16FNO/c1-10-8-11(6-7-14(10)17)16(19)15-13-5-3-2-4-12(13)9-18-15/h2-8,15-16,18-19H,9H2,1H3. The summed E-state index contributed by atoms with van der Waals surface area (Å²) in [7, 11) is 0. The zero-order chi connectivity index (χ0) is 13.4. The Labute approximate surface area is 111 Å². The Morgan fingerprint density at radius 1 is 1.26 bits per heavy atom. The second-order valence-electron chi connectivity index (χ2n) is 5.01. The van der Waals surface area contributed by atoms with Gasteiger partial charge in [-0.15, -0.1) is 0 Å². The van der Waals surface area contributed by atoms with Gasteiger partial charge in [-0.05, 0) is 35.2 Å². The molecule has 0 spiro atoms. The zero-order valence-electron chi connectivity index (χ0n) is 10.7. The van der Waals surface area contributed by atoms with Crippen molar-refractivity contribution in [3.05, 3.63) is 70.5 Å². The molecule has 1 heterocycles. The van der Waals surface area contributed by atoms with Gasteiger partial charge in [-0.1, -0.05) is 36.4 Å². The van der Waals surface area contributed by atoms with Crippen LogP contribution in [0.1, 0.15) is 34.4 Å². The van der Waals surface area contributed by atoms with E-state index in [-0.39, 0.29) is 11.9 Å². The van der Waals surface area contributed by atoms with E-state index in [2.05, 4.69) is 11.4 Å². The van der Waals surface area contributed by atoms with Gasteiger partial charge in [0, 0.05) is 6.54 Å². The third-order valence-electron chi connectivity index (χ3n) is 3.74. The molecule has 2 nitrogen and oxygen atoms in total. The van der Waals surface area contributed by atoms with Gasteiger partial charge in [-0.3, -0.25) is 0 Å². The lowest BCUT2D eigenvalue weighted by atomic mass is 9.95. The second kappa shape index (κ2) is 4.76. The van der Waals surface area contributed by atoms with Crippen LogP contribution < -0.4 is 5.32 Å². The van der Waals surface area contributed by atoms with E-state index in [0.29, 0.717) is 5.56 Å². The SMILES string of the molecule is Cc1cc(C(O)C2NCc3ccccc32)ccc1F. The molecule has 0 bridgehead atoms. The van der Waals surface area contributed by atoms with Crippen LogP contribution in [0, 0.1) is 12.7 Å². The molecule has 0 aliphatic carbocycles. The summed E-state index contributed by atoms with van der Waals surface area (Å²) in [6.07, 6.45) is -0.664. The van der Waals surface area contributed by atoms with Gasteiger partial charge < -0.3 is 10.4 Å². The van der Waals surface area contributed by atoms with Crippen molar-refractivity contribution in [2.24, 2.45) is 0 Å². The molecule has 98 valence electrons. The molecular weight excluding hydrogens is 241 g/mol. The average molecular weight is 257 g/mol. The van der Waals surface area contributed by atoms with E-state index >= 15 is 0 Å². The van der Waals surface area contributed by atoms with Gasteiger partial charge >= 0.3 is 0 Å². The maximum Gasteiger partial charge on any atom is 0.126 e. The lowest BCUT2D eigenvalue weighted by Crippen LogP contribution is -2.20. The van der Waals surface area contributed by atoms with E-state index in [9.17, 15) is 9.50 Å². The molecular formula is C16H16FNO. The lowest BCUT2D eigenvalue weighted by Gasteiger charge is -2.20. The van der Waals surface area contributed by atoms with Gasteiger partial charge in [0.05, 0.1) is 12.1 Å². The number of nitrogens with one attached hydrogen (secondary N) is 1. The topological polar surface area (TPSA) is 32.3 Å².